The molecule has 1 atom stereocenters. The summed E-state index contributed by atoms with van der Waals surface area (Å²) in [4.78, 5) is 38.4. The maximum Gasteiger partial charge on any atom is 0.306 e. The highest BCUT2D eigenvalue weighted by atomic mass is 16.6. The molecule has 0 heterocycles. The largest absolute Gasteiger partial charge is 0.462 e. The molecule has 0 aliphatic heterocycles. The molecule has 6 heteroatoms. The molecule has 0 rings (SSSR count). The van der Waals surface area contributed by atoms with Crippen LogP contribution in [0.5, 0.6) is 0 Å². The fourth-order valence-electron chi connectivity index (χ4n) is 10.4. The molecular weight excluding hydrogens is 985 g/mol. The second-order valence-electron chi connectivity index (χ2n) is 23.8. The maximum absolute atomic E-state index is 12.9. The molecule has 0 amide bonds. The molecule has 0 aliphatic carbocycles. The van der Waals surface area contributed by atoms with E-state index < -0.39 is 6.10 Å². The molecule has 466 valence electrons. The predicted molar refractivity (Wildman–Crippen MR) is 348 cm³/mol. The molecule has 0 N–H and O–H groups in total. The number of esters is 3. The first-order chi connectivity index (χ1) is 39.5. The molecule has 80 heavy (non-hydrogen) atoms. The van der Waals surface area contributed by atoms with Crippen molar-refractivity contribution in [1.82, 2.24) is 0 Å². The monoisotopic (exact) mass is 1120 g/mol. The standard InChI is InChI=1S/C74H134O6/c1-4-7-10-13-16-19-22-25-28-30-31-32-33-34-35-36-37-38-39-40-41-42-43-45-46-49-52-55-58-61-64-67-73(76)79-70-71(69-78-72(75)66-63-60-57-54-51-48-27-24-21-18-15-12-9-6-3)80-74(77)68-65-62-59-56-53-50-47-44-29-26-23-20-17-14-11-8-5-2/h15,18,22,24-25,27,30-31,33-34,71H,4-14,16-17,19-21,23,26,28-29,32,35-70H2,1-3H3/b18-15-,25-22-,27-24-,31-30-,34-33-. The van der Waals surface area contributed by atoms with Crippen molar-refractivity contribution in [1.29, 1.82) is 0 Å². The van der Waals surface area contributed by atoms with Crippen LogP contribution in [0.15, 0.2) is 60.8 Å². The van der Waals surface area contributed by atoms with Crippen LogP contribution < -0.4 is 0 Å². The number of carbonyl (C=O) groups is 3. The number of hydrogen-bond donors (Lipinski definition) is 0. The second kappa shape index (κ2) is 68.6. The van der Waals surface area contributed by atoms with Crippen molar-refractivity contribution in [3.63, 3.8) is 0 Å². The zero-order valence-electron chi connectivity index (χ0n) is 53.6. The SMILES string of the molecule is CCCC/C=C\C/C=C\CCCCCCCC(=O)OCC(COC(=O)CCCCCCCCCCCCCCCCCC/C=C\C/C=C\C/C=C\CCCCCCC)OC(=O)CCCCCCCCCCCCCCCCCCC. The van der Waals surface area contributed by atoms with Crippen LogP contribution in [0.25, 0.3) is 0 Å². The molecule has 0 saturated heterocycles. The van der Waals surface area contributed by atoms with Crippen molar-refractivity contribution in [2.75, 3.05) is 13.2 Å². The molecule has 0 aromatic carbocycles. The van der Waals surface area contributed by atoms with Crippen molar-refractivity contribution in [2.45, 2.75) is 380 Å². The van der Waals surface area contributed by atoms with Gasteiger partial charge in [0.05, 0.1) is 0 Å². The number of allylic oxidation sites excluding steroid dienone is 10. The van der Waals surface area contributed by atoms with Crippen LogP contribution in [0.2, 0.25) is 0 Å². The Balaban J connectivity index is 4.19. The van der Waals surface area contributed by atoms with Gasteiger partial charge in [0.15, 0.2) is 6.10 Å². The predicted octanol–water partition coefficient (Wildman–Crippen LogP) is 24.3. The fraction of sp³-hybridized carbons (Fsp3) is 0.824. The van der Waals surface area contributed by atoms with Crippen LogP contribution >= 0.6 is 0 Å². The Morgan fingerprint density at radius 2 is 0.463 bits per heavy atom. The van der Waals surface area contributed by atoms with E-state index in [1.807, 2.05) is 0 Å². The highest BCUT2D eigenvalue weighted by Gasteiger charge is 2.19. The fourth-order valence-corrected chi connectivity index (χ4v) is 10.4. The minimum Gasteiger partial charge on any atom is -0.462 e. The summed E-state index contributed by atoms with van der Waals surface area (Å²) in [6.45, 7) is 6.63. The van der Waals surface area contributed by atoms with Crippen LogP contribution in [-0.2, 0) is 28.6 Å². The van der Waals surface area contributed by atoms with Gasteiger partial charge in [-0.05, 0) is 83.5 Å². The summed E-state index contributed by atoms with van der Waals surface area (Å²) in [6, 6.07) is 0. The number of carbonyl (C=O) groups excluding carboxylic acids is 3. The van der Waals surface area contributed by atoms with Gasteiger partial charge in [-0.3, -0.25) is 14.4 Å². The van der Waals surface area contributed by atoms with Crippen molar-refractivity contribution in [3.8, 4) is 0 Å². The molecule has 0 fully saturated rings. The van der Waals surface area contributed by atoms with Crippen LogP contribution in [0.1, 0.15) is 374 Å². The van der Waals surface area contributed by atoms with E-state index >= 15 is 0 Å². The Bertz CT molecular complexity index is 1430. The highest BCUT2D eigenvalue weighted by molar-refractivity contribution is 5.71. The van der Waals surface area contributed by atoms with E-state index in [0.717, 1.165) is 89.9 Å². The van der Waals surface area contributed by atoms with Gasteiger partial charge in [0, 0.05) is 19.3 Å². The molecule has 0 spiro atoms. The molecule has 1 unspecified atom stereocenters. The van der Waals surface area contributed by atoms with Gasteiger partial charge >= 0.3 is 17.9 Å². The highest BCUT2D eigenvalue weighted by Crippen LogP contribution is 2.18. The van der Waals surface area contributed by atoms with E-state index in [4.69, 9.17) is 14.2 Å². The zero-order valence-corrected chi connectivity index (χ0v) is 53.6. The van der Waals surface area contributed by atoms with Crippen molar-refractivity contribution in [3.05, 3.63) is 60.8 Å². The first-order valence-corrected chi connectivity index (χ1v) is 35.3. The minimum absolute atomic E-state index is 0.0741. The van der Waals surface area contributed by atoms with Gasteiger partial charge < -0.3 is 14.2 Å². The quantitative estimate of drug-likeness (QED) is 0.0261. The molecule has 6 nitrogen and oxygen atoms in total. The Morgan fingerprint density at radius 3 is 0.738 bits per heavy atom. The summed E-state index contributed by atoms with van der Waals surface area (Å²) in [5.74, 6) is -0.865. The normalized spacial score (nSPS) is 12.4. The summed E-state index contributed by atoms with van der Waals surface area (Å²) < 4.78 is 17.0. The molecule has 0 saturated carbocycles. The Hall–Kier alpha value is -2.89. The smallest absolute Gasteiger partial charge is 0.306 e. The number of hydrogen-bond acceptors (Lipinski definition) is 6. The molecule has 0 radical (unpaired) electrons. The molecular formula is C74H134O6. The van der Waals surface area contributed by atoms with E-state index in [9.17, 15) is 14.4 Å². The zero-order chi connectivity index (χ0) is 57.8. The lowest BCUT2D eigenvalue weighted by molar-refractivity contribution is -0.167. The first kappa shape index (κ1) is 77.1. The average Bonchev–Trinajstić information content (AvgIpc) is 3.46. The van der Waals surface area contributed by atoms with E-state index in [0.29, 0.717) is 19.3 Å². The van der Waals surface area contributed by atoms with E-state index in [2.05, 4.69) is 81.5 Å². The molecule has 0 aromatic rings. The number of unbranched alkanes of at least 4 members (excludes halogenated alkanes) is 44. The lowest BCUT2D eigenvalue weighted by Crippen LogP contribution is -2.30. The molecule has 0 aromatic heterocycles. The third kappa shape index (κ3) is 65.9. The lowest BCUT2D eigenvalue weighted by atomic mass is 10.0. The maximum atomic E-state index is 12.9. The third-order valence-electron chi connectivity index (χ3n) is 15.7. The number of ether oxygens (including phenoxy) is 3. The van der Waals surface area contributed by atoms with Crippen LogP contribution in [-0.4, -0.2) is 37.2 Å². The van der Waals surface area contributed by atoms with Gasteiger partial charge in [0.25, 0.3) is 0 Å². The van der Waals surface area contributed by atoms with E-state index in [1.54, 1.807) is 0 Å². The molecule has 0 bridgehead atoms. The van der Waals surface area contributed by atoms with Gasteiger partial charge in [-0.25, -0.2) is 0 Å². The van der Waals surface area contributed by atoms with Crippen molar-refractivity contribution < 1.29 is 28.6 Å². The van der Waals surface area contributed by atoms with E-state index in [1.165, 1.54) is 244 Å². The van der Waals surface area contributed by atoms with Crippen molar-refractivity contribution >= 4 is 17.9 Å². The second-order valence-corrected chi connectivity index (χ2v) is 23.8. The van der Waals surface area contributed by atoms with Crippen molar-refractivity contribution in [2.24, 2.45) is 0 Å². The van der Waals surface area contributed by atoms with Crippen LogP contribution in [0.3, 0.4) is 0 Å². The van der Waals surface area contributed by atoms with Crippen LogP contribution in [0, 0.1) is 0 Å². The van der Waals surface area contributed by atoms with Crippen LogP contribution in [0.4, 0.5) is 0 Å². The summed E-state index contributed by atoms with van der Waals surface area (Å²) in [5, 5.41) is 0. The Kier molecular flexibility index (Phi) is 66.1. The first-order valence-electron chi connectivity index (χ1n) is 35.3. The van der Waals surface area contributed by atoms with E-state index in [-0.39, 0.29) is 31.1 Å². The third-order valence-corrected chi connectivity index (χ3v) is 15.7. The summed E-state index contributed by atoms with van der Waals surface area (Å²) in [7, 11) is 0. The Morgan fingerprint density at radius 1 is 0.250 bits per heavy atom. The van der Waals surface area contributed by atoms with Gasteiger partial charge in [-0.2, -0.15) is 0 Å². The minimum atomic E-state index is -0.778. The summed E-state index contributed by atoms with van der Waals surface area (Å²) in [5.41, 5.74) is 0. The topological polar surface area (TPSA) is 78.9 Å². The lowest BCUT2D eigenvalue weighted by Gasteiger charge is -2.18. The van der Waals surface area contributed by atoms with Gasteiger partial charge in [-0.15, -0.1) is 0 Å². The average molecular weight is 1120 g/mol. The number of rotatable bonds is 65. The molecule has 0 aliphatic rings. The summed E-state index contributed by atoms with van der Waals surface area (Å²) in [6.07, 6.45) is 88.2. The van der Waals surface area contributed by atoms with Gasteiger partial charge in [0.1, 0.15) is 13.2 Å². The summed E-state index contributed by atoms with van der Waals surface area (Å²) >= 11 is 0. The van der Waals surface area contributed by atoms with Gasteiger partial charge in [0.2, 0.25) is 0 Å². The van der Waals surface area contributed by atoms with Gasteiger partial charge in [-0.1, -0.05) is 332 Å². The Labute approximate surface area is 498 Å².